The summed E-state index contributed by atoms with van der Waals surface area (Å²) in [6, 6.07) is 2.56. The molecule has 0 bridgehead atoms. The Hall–Kier alpha value is -0.760. The van der Waals surface area contributed by atoms with Crippen LogP contribution in [0, 0.1) is 0 Å². The van der Waals surface area contributed by atoms with E-state index in [1.54, 1.807) is 6.26 Å². The Labute approximate surface area is 125 Å². The Morgan fingerprint density at radius 3 is 2.15 bits per heavy atom. The minimum atomic E-state index is 0.475. The lowest BCUT2D eigenvalue weighted by atomic mass is 10.0. The highest BCUT2D eigenvalue weighted by Gasteiger charge is 2.10. The molecule has 0 saturated carbocycles. The third kappa shape index (κ3) is 7.74. The van der Waals surface area contributed by atoms with Gasteiger partial charge in [-0.25, -0.2) is 0 Å². The van der Waals surface area contributed by atoms with Gasteiger partial charge in [-0.05, 0) is 19.0 Å². The van der Waals surface area contributed by atoms with Gasteiger partial charge in [0.15, 0.2) is 0 Å². The lowest BCUT2D eigenvalue weighted by Crippen LogP contribution is -2.20. The molecule has 1 heterocycles. The van der Waals surface area contributed by atoms with Gasteiger partial charge < -0.3 is 9.73 Å². The largest absolute Gasteiger partial charge is 0.472 e. The van der Waals surface area contributed by atoms with Gasteiger partial charge in [0.2, 0.25) is 0 Å². The maximum Gasteiger partial charge on any atom is 0.0950 e. The second kappa shape index (κ2) is 12.0. The molecular formula is C18H33NO. The van der Waals surface area contributed by atoms with Crippen LogP contribution < -0.4 is 5.32 Å². The van der Waals surface area contributed by atoms with Crippen LogP contribution in [0.4, 0.5) is 0 Å². The molecule has 2 heteroatoms. The second-order valence-electron chi connectivity index (χ2n) is 5.78. The third-order valence-corrected chi connectivity index (χ3v) is 3.99. The summed E-state index contributed by atoms with van der Waals surface area (Å²) in [5.41, 5.74) is 1.30. The molecule has 1 atom stereocenters. The van der Waals surface area contributed by atoms with E-state index in [-0.39, 0.29) is 0 Å². The van der Waals surface area contributed by atoms with Crippen LogP contribution in [0.2, 0.25) is 0 Å². The Balaban J connectivity index is 2.01. The average Bonchev–Trinajstić information content (AvgIpc) is 2.98. The van der Waals surface area contributed by atoms with Crippen molar-refractivity contribution >= 4 is 0 Å². The van der Waals surface area contributed by atoms with Crippen LogP contribution in [0.1, 0.15) is 89.7 Å². The molecule has 20 heavy (non-hydrogen) atoms. The number of unbranched alkanes of at least 4 members (excludes halogenated alkanes) is 8. The maximum atomic E-state index is 5.19. The van der Waals surface area contributed by atoms with Crippen molar-refractivity contribution in [2.24, 2.45) is 0 Å². The molecule has 0 saturated heterocycles. The zero-order chi connectivity index (χ0) is 14.5. The summed E-state index contributed by atoms with van der Waals surface area (Å²) in [5.74, 6) is 0. The molecule has 116 valence electrons. The lowest BCUT2D eigenvalue weighted by molar-refractivity contribution is 0.468. The van der Waals surface area contributed by atoms with Gasteiger partial charge >= 0.3 is 0 Å². The molecule has 0 amide bonds. The zero-order valence-electron chi connectivity index (χ0n) is 13.5. The second-order valence-corrected chi connectivity index (χ2v) is 5.78. The first-order chi connectivity index (χ1) is 9.88. The normalized spacial score (nSPS) is 12.7. The molecule has 0 aliphatic carbocycles. The first-order valence-electron chi connectivity index (χ1n) is 8.64. The molecule has 1 N–H and O–H groups in total. The summed E-state index contributed by atoms with van der Waals surface area (Å²) < 4.78 is 5.19. The number of rotatable bonds is 13. The van der Waals surface area contributed by atoms with E-state index in [2.05, 4.69) is 25.2 Å². The van der Waals surface area contributed by atoms with Crippen molar-refractivity contribution in [3.8, 4) is 0 Å². The molecule has 0 radical (unpaired) electrons. The van der Waals surface area contributed by atoms with Crippen LogP contribution >= 0.6 is 0 Å². The fraction of sp³-hybridized carbons (Fsp3) is 0.778. The fourth-order valence-corrected chi connectivity index (χ4v) is 2.77. The van der Waals surface area contributed by atoms with Crippen LogP contribution in [-0.2, 0) is 0 Å². The number of hydrogen-bond acceptors (Lipinski definition) is 2. The summed E-state index contributed by atoms with van der Waals surface area (Å²) in [4.78, 5) is 0. The molecule has 1 aromatic heterocycles. The molecular weight excluding hydrogens is 246 g/mol. The smallest absolute Gasteiger partial charge is 0.0950 e. The van der Waals surface area contributed by atoms with Crippen LogP contribution in [0.25, 0.3) is 0 Å². The Morgan fingerprint density at radius 2 is 1.60 bits per heavy atom. The number of hydrogen-bond donors (Lipinski definition) is 1. The van der Waals surface area contributed by atoms with Gasteiger partial charge in [-0.1, -0.05) is 71.6 Å². The molecule has 1 aromatic rings. The first-order valence-corrected chi connectivity index (χ1v) is 8.64. The molecule has 0 spiro atoms. The highest BCUT2D eigenvalue weighted by molar-refractivity contribution is 5.11. The minimum absolute atomic E-state index is 0.475. The number of nitrogens with one attached hydrogen (secondary N) is 1. The Morgan fingerprint density at radius 1 is 0.950 bits per heavy atom. The third-order valence-electron chi connectivity index (χ3n) is 3.99. The van der Waals surface area contributed by atoms with E-state index >= 15 is 0 Å². The van der Waals surface area contributed by atoms with E-state index in [1.807, 2.05) is 6.26 Å². The summed E-state index contributed by atoms with van der Waals surface area (Å²) in [6.45, 7) is 5.47. The van der Waals surface area contributed by atoms with Crippen molar-refractivity contribution in [2.45, 2.75) is 84.1 Å². The molecule has 1 rings (SSSR count). The van der Waals surface area contributed by atoms with Crippen LogP contribution in [0.5, 0.6) is 0 Å². The van der Waals surface area contributed by atoms with Crippen molar-refractivity contribution < 1.29 is 4.42 Å². The van der Waals surface area contributed by atoms with Crippen molar-refractivity contribution in [2.75, 3.05) is 6.54 Å². The minimum Gasteiger partial charge on any atom is -0.472 e. The zero-order valence-corrected chi connectivity index (χ0v) is 13.5. The monoisotopic (exact) mass is 279 g/mol. The molecule has 0 aromatic carbocycles. The summed E-state index contributed by atoms with van der Waals surface area (Å²) in [6.07, 6.45) is 17.4. The molecule has 2 nitrogen and oxygen atoms in total. The van der Waals surface area contributed by atoms with Gasteiger partial charge in [0.25, 0.3) is 0 Å². The highest BCUT2D eigenvalue weighted by Crippen LogP contribution is 2.21. The van der Waals surface area contributed by atoms with Crippen molar-refractivity contribution in [1.82, 2.24) is 5.32 Å². The molecule has 1 unspecified atom stereocenters. The van der Waals surface area contributed by atoms with Gasteiger partial charge in [0, 0.05) is 11.6 Å². The van der Waals surface area contributed by atoms with Gasteiger partial charge in [-0.15, -0.1) is 0 Å². The predicted octanol–water partition coefficient (Wildman–Crippen LogP) is 5.85. The molecule has 0 fully saturated rings. The topological polar surface area (TPSA) is 25.2 Å². The van der Waals surface area contributed by atoms with Gasteiger partial charge in [-0.3, -0.25) is 0 Å². The lowest BCUT2D eigenvalue weighted by Gasteiger charge is -2.16. The molecule has 0 aliphatic heterocycles. The fourth-order valence-electron chi connectivity index (χ4n) is 2.77. The van der Waals surface area contributed by atoms with Crippen molar-refractivity contribution in [1.29, 1.82) is 0 Å². The van der Waals surface area contributed by atoms with Gasteiger partial charge in [0.1, 0.15) is 0 Å². The van der Waals surface area contributed by atoms with E-state index in [0.717, 1.165) is 6.54 Å². The van der Waals surface area contributed by atoms with Crippen LogP contribution in [0.3, 0.4) is 0 Å². The van der Waals surface area contributed by atoms with E-state index < -0.39 is 0 Å². The quantitative estimate of drug-likeness (QED) is 0.458. The van der Waals surface area contributed by atoms with Crippen LogP contribution in [-0.4, -0.2) is 6.54 Å². The maximum absolute atomic E-state index is 5.19. The summed E-state index contributed by atoms with van der Waals surface area (Å²) >= 11 is 0. The van der Waals surface area contributed by atoms with Gasteiger partial charge in [-0.2, -0.15) is 0 Å². The van der Waals surface area contributed by atoms with Crippen molar-refractivity contribution in [3.05, 3.63) is 24.2 Å². The number of furan rings is 1. The molecule has 0 aliphatic rings. The average molecular weight is 279 g/mol. The van der Waals surface area contributed by atoms with Crippen molar-refractivity contribution in [3.63, 3.8) is 0 Å². The van der Waals surface area contributed by atoms with E-state index in [0.29, 0.717) is 6.04 Å². The Bertz CT molecular complexity index is 294. The van der Waals surface area contributed by atoms with E-state index in [9.17, 15) is 0 Å². The predicted molar refractivity (Wildman–Crippen MR) is 87.0 cm³/mol. The Kier molecular flexibility index (Phi) is 10.4. The van der Waals surface area contributed by atoms with E-state index in [4.69, 9.17) is 4.42 Å². The first kappa shape index (κ1) is 17.3. The summed E-state index contributed by atoms with van der Waals surface area (Å²) in [5, 5.41) is 3.55. The van der Waals surface area contributed by atoms with Gasteiger partial charge in [0.05, 0.1) is 12.5 Å². The summed E-state index contributed by atoms with van der Waals surface area (Å²) in [7, 11) is 0. The van der Waals surface area contributed by atoms with E-state index in [1.165, 1.54) is 69.8 Å². The SMILES string of the molecule is CCCCCCCCCCCC(NCC)c1ccoc1. The highest BCUT2D eigenvalue weighted by atomic mass is 16.3. The van der Waals surface area contributed by atoms with Crippen LogP contribution in [0.15, 0.2) is 23.0 Å². The standard InChI is InChI=1S/C18H33NO/c1-3-5-6-7-8-9-10-11-12-13-18(19-4-2)17-14-15-20-16-17/h14-16,18-19H,3-13H2,1-2H3.